The number of amides is 1. The number of hydrogen-bond donors (Lipinski definition) is 2. The molecule has 1 fully saturated rings. The molecule has 2 aromatic rings. The fraction of sp³-hybridized carbons (Fsp3) is 0.400. The minimum atomic E-state index is -0.0371. The Kier molecular flexibility index (Phi) is 6.14. The number of rotatable bonds is 6. The van der Waals surface area contributed by atoms with Gasteiger partial charge in [0.15, 0.2) is 0 Å². The van der Waals surface area contributed by atoms with Crippen LogP contribution in [0.2, 0.25) is 0 Å². The van der Waals surface area contributed by atoms with Crippen molar-refractivity contribution in [1.29, 1.82) is 0 Å². The van der Waals surface area contributed by atoms with Crippen LogP contribution < -0.4 is 10.6 Å². The second kappa shape index (κ2) is 8.74. The molecule has 132 valence electrons. The largest absolute Gasteiger partial charge is 0.352 e. The Bertz CT molecular complexity index is 696. The van der Waals surface area contributed by atoms with E-state index in [1.54, 1.807) is 0 Å². The maximum absolute atomic E-state index is 12.4. The molecule has 1 amide bonds. The Balaban J connectivity index is 1.51. The van der Waals surface area contributed by atoms with E-state index in [9.17, 15) is 4.79 Å². The Morgan fingerprint density at radius 1 is 1.16 bits per heavy atom. The molecule has 0 radical (unpaired) electrons. The lowest BCUT2D eigenvalue weighted by atomic mass is 10.1. The second-order valence-electron chi connectivity index (χ2n) is 6.40. The van der Waals surface area contributed by atoms with Crippen LogP contribution in [0.3, 0.4) is 0 Å². The van der Waals surface area contributed by atoms with Crippen LogP contribution in [0, 0.1) is 6.92 Å². The number of piperazine rings is 1. The fourth-order valence-electron chi connectivity index (χ4n) is 3.11. The first-order valence-electron chi connectivity index (χ1n) is 8.98. The molecule has 1 aliphatic heterocycles. The standard InChI is InChI=1S/C20H26N4O/c1-16-18(8-9-19(23-16)17-6-3-2-4-7-17)20(25)22-10-5-13-24-14-11-21-12-15-24/h2-4,6-9,21H,5,10-15H2,1H3,(H,22,25). The lowest BCUT2D eigenvalue weighted by Crippen LogP contribution is -2.44. The number of carbonyl (C=O) groups is 1. The molecule has 1 aromatic heterocycles. The van der Waals surface area contributed by atoms with E-state index in [4.69, 9.17) is 0 Å². The van der Waals surface area contributed by atoms with Gasteiger partial charge in [0.1, 0.15) is 0 Å². The molecule has 2 heterocycles. The lowest BCUT2D eigenvalue weighted by Gasteiger charge is -2.27. The predicted molar refractivity (Wildman–Crippen MR) is 101 cm³/mol. The molecule has 25 heavy (non-hydrogen) atoms. The van der Waals surface area contributed by atoms with E-state index in [0.717, 1.165) is 56.1 Å². The van der Waals surface area contributed by atoms with Gasteiger partial charge in [-0.15, -0.1) is 0 Å². The summed E-state index contributed by atoms with van der Waals surface area (Å²) in [4.78, 5) is 19.4. The number of hydrogen-bond acceptors (Lipinski definition) is 4. The average Bonchev–Trinajstić information content (AvgIpc) is 2.66. The van der Waals surface area contributed by atoms with Crippen LogP contribution >= 0.6 is 0 Å². The fourth-order valence-corrected chi connectivity index (χ4v) is 3.11. The average molecular weight is 338 g/mol. The third-order valence-corrected chi connectivity index (χ3v) is 4.55. The van der Waals surface area contributed by atoms with E-state index in [-0.39, 0.29) is 5.91 Å². The molecule has 1 saturated heterocycles. The third kappa shape index (κ3) is 4.87. The van der Waals surface area contributed by atoms with Crippen molar-refractivity contribution >= 4 is 5.91 Å². The Morgan fingerprint density at radius 2 is 1.92 bits per heavy atom. The van der Waals surface area contributed by atoms with Gasteiger partial charge < -0.3 is 15.5 Å². The molecule has 0 atom stereocenters. The van der Waals surface area contributed by atoms with Crippen molar-refractivity contribution in [2.24, 2.45) is 0 Å². The van der Waals surface area contributed by atoms with Gasteiger partial charge in [0.05, 0.1) is 17.0 Å². The summed E-state index contributed by atoms with van der Waals surface area (Å²) >= 11 is 0. The highest BCUT2D eigenvalue weighted by Crippen LogP contribution is 2.18. The Labute approximate surface area is 149 Å². The van der Waals surface area contributed by atoms with Crippen molar-refractivity contribution in [2.75, 3.05) is 39.3 Å². The summed E-state index contributed by atoms with van der Waals surface area (Å²) in [5.41, 5.74) is 3.38. The van der Waals surface area contributed by atoms with Crippen LogP contribution in [0.4, 0.5) is 0 Å². The quantitative estimate of drug-likeness (QED) is 0.792. The second-order valence-corrected chi connectivity index (χ2v) is 6.40. The molecule has 0 aliphatic carbocycles. The molecule has 5 nitrogen and oxygen atoms in total. The first kappa shape index (κ1) is 17.6. The first-order valence-corrected chi connectivity index (χ1v) is 8.98. The zero-order valence-corrected chi connectivity index (χ0v) is 14.8. The van der Waals surface area contributed by atoms with Gasteiger partial charge in [0.25, 0.3) is 5.91 Å². The van der Waals surface area contributed by atoms with Gasteiger partial charge in [-0.3, -0.25) is 9.78 Å². The predicted octanol–water partition coefficient (Wildman–Crippen LogP) is 2.08. The highest BCUT2D eigenvalue weighted by atomic mass is 16.1. The van der Waals surface area contributed by atoms with E-state index < -0.39 is 0 Å². The van der Waals surface area contributed by atoms with Crippen molar-refractivity contribution in [3.8, 4) is 11.3 Å². The zero-order valence-electron chi connectivity index (χ0n) is 14.8. The van der Waals surface area contributed by atoms with E-state index in [0.29, 0.717) is 12.1 Å². The molecule has 3 rings (SSSR count). The highest BCUT2D eigenvalue weighted by Gasteiger charge is 2.12. The van der Waals surface area contributed by atoms with Crippen molar-refractivity contribution in [3.05, 3.63) is 53.7 Å². The van der Waals surface area contributed by atoms with Crippen LogP contribution in [0.5, 0.6) is 0 Å². The number of carbonyl (C=O) groups excluding carboxylic acids is 1. The summed E-state index contributed by atoms with van der Waals surface area (Å²) in [5, 5.41) is 6.37. The molecule has 5 heteroatoms. The van der Waals surface area contributed by atoms with Gasteiger partial charge in [-0.25, -0.2) is 0 Å². The SMILES string of the molecule is Cc1nc(-c2ccccc2)ccc1C(=O)NCCCN1CCNCC1. The topological polar surface area (TPSA) is 57.3 Å². The smallest absolute Gasteiger partial charge is 0.253 e. The van der Waals surface area contributed by atoms with Gasteiger partial charge in [-0.05, 0) is 32.0 Å². The molecule has 2 N–H and O–H groups in total. The van der Waals surface area contributed by atoms with Crippen LogP contribution in [-0.2, 0) is 0 Å². The highest BCUT2D eigenvalue weighted by molar-refractivity contribution is 5.95. The normalized spacial score (nSPS) is 15.1. The van der Waals surface area contributed by atoms with Crippen LogP contribution in [-0.4, -0.2) is 55.1 Å². The Morgan fingerprint density at radius 3 is 2.64 bits per heavy atom. The van der Waals surface area contributed by atoms with Crippen molar-refractivity contribution in [3.63, 3.8) is 0 Å². The number of pyridine rings is 1. The number of aryl methyl sites for hydroxylation is 1. The van der Waals surface area contributed by atoms with Gasteiger partial charge in [0.2, 0.25) is 0 Å². The maximum atomic E-state index is 12.4. The molecule has 1 aliphatic rings. The van der Waals surface area contributed by atoms with Crippen molar-refractivity contribution in [2.45, 2.75) is 13.3 Å². The van der Waals surface area contributed by atoms with Crippen molar-refractivity contribution < 1.29 is 4.79 Å². The molecular formula is C20H26N4O. The summed E-state index contributed by atoms with van der Waals surface area (Å²) in [6.45, 7) is 7.93. The summed E-state index contributed by atoms with van der Waals surface area (Å²) in [6, 6.07) is 13.8. The molecular weight excluding hydrogens is 312 g/mol. The number of aromatic nitrogens is 1. The zero-order chi connectivity index (χ0) is 17.5. The molecule has 0 bridgehead atoms. The molecule has 0 unspecified atom stereocenters. The number of nitrogens with zero attached hydrogens (tertiary/aromatic N) is 2. The molecule has 1 aromatic carbocycles. The van der Waals surface area contributed by atoms with Crippen molar-refractivity contribution in [1.82, 2.24) is 20.5 Å². The number of benzene rings is 1. The lowest BCUT2D eigenvalue weighted by molar-refractivity contribution is 0.0950. The minimum absolute atomic E-state index is 0.0371. The minimum Gasteiger partial charge on any atom is -0.352 e. The van der Waals surface area contributed by atoms with E-state index >= 15 is 0 Å². The van der Waals surface area contributed by atoms with E-state index in [1.165, 1.54) is 0 Å². The van der Waals surface area contributed by atoms with Crippen LogP contribution in [0.25, 0.3) is 11.3 Å². The summed E-state index contributed by atoms with van der Waals surface area (Å²) in [7, 11) is 0. The monoisotopic (exact) mass is 338 g/mol. The van der Waals surface area contributed by atoms with Crippen LogP contribution in [0.1, 0.15) is 22.5 Å². The van der Waals surface area contributed by atoms with Crippen LogP contribution in [0.15, 0.2) is 42.5 Å². The maximum Gasteiger partial charge on any atom is 0.253 e. The van der Waals surface area contributed by atoms with E-state index in [2.05, 4.69) is 20.5 Å². The third-order valence-electron chi connectivity index (χ3n) is 4.55. The molecule has 0 spiro atoms. The van der Waals surface area contributed by atoms with Gasteiger partial charge >= 0.3 is 0 Å². The summed E-state index contributed by atoms with van der Waals surface area (Å²) in [6.07, 6.45) is 0.973. The van der Waals surface area contributed by atoms with Gasteiger partial charge in [0, 0.05) is 38.3 Å². The molecule has 0 saturated carbocycles. The van der Waals surface area contributed by atoms with E-state index in [1.807, 2.05) is 49.4 Å². The number of nitrogens with one attached hydrogen (secondary N) is 2. The first-order chi connectivity index (χ1) is 12.2. The Hall–Kier alpha value is -2.24. The summed E-state index contributed by atoms with van der Waals surface area (Å²) in [5.74, 6) is -0.0371. The van der Waals surface area contributed by atoms with Gasteiger partial charge in [-0.1, -0.05) is 30.3 Å². The van der Waals surface area contributed by atoms with Gasteiger partial charge in [-0.2, -0.15) is 0 Å². The summed E-state index contributed by atoms with van der Waals surface area (Å²) < 4.78 is 0.